The molecule has 0 saturated heterocycles. The third-order valence-corrected chi connectivity index (χ3v) is 3.48. The molecule has 0 unspecified atom stereocenters. The lowest BCUT2D eigenvalue weighted by Crippen LogP contribution is -2.01. The number of aromatic nitrogens is 2. The molecule has 2 aromatic rings. The Bertz CT molecular complexity index is 589. The van der Waals surface area contributed by atoms with Gasteiger partial charge in [-0.2, -0.15) is 8.78 Å². The summed E-state index contributed by atoms with van der Waals surface area (Å²) in [5.74, 6) is 1.25. The van der Waals surface area contributed by atoms with Gasteiger partial charge in [0.2, 0.25) is 0 Å². The predicted molar refractivity (Wildman–Crippen MR) is 88.4 cm³/mol. The first-order chi connectivity index (χ1) is 11.7. The molecule has 0 atom stereocenters. The normalized spacial score (nSPS) is 10.8. The van der Waals surface area contributed by atoms with Crippen LogP contribution in [0.5, 0.6) is 11.5 Å². The van der Waals surface area contributed by atoms with Crippen molar-refractivity contribution in [1.82, 2.24) is 9.97 Å². The standard InChI is InChI=1S/C18H22F2N2O2/c1-2-3-4-5-6-11-23-16-12-21-17(22-13-16)14-7-9-15(10-8-14)24-18(19)20/h7-10,12-13,18H,2-6,11H2,1H3. The van der Waals surface area contributed by atoms with E-state index in [-0.39, 0.29) is 5.75 Å². The van der Waals surface area contributed by atoms with Gasteiger partial charge in [0.25, 0.3) is 0 Å². The molecular formula is C18H22F2N2O2. The average molecular weight is 336 g/mol. The summed E-state index contributed by atoms with van der Waals surface area (Å²) in [6.45, 7) is 0.0198. The van der Waals surface area contributed by atoms with Crippen LogP contribution in [0, 0.1) is 0 Å². The van der Waals surface area contributed by atoms with Crippen molar-refractivity contribution in [2.45, 2.75) is 45.6 Å². The number of benzene rings is 1. The maximum atomic E-state index is 12.1. The first kappa shape index (κ1) is 18.1. The van der Waals surface area contributed by atoms with Gasteiger partial charge in [0, 0.05) is 5.56 Å². The Labute approximate surface area is 140 Å². The minimum absolute atomic E-state index is 0.108. The first-order valence-electron chi connectivity index (χ1n) is 8.19. The van der Waals surface area contributed by atoms with Crippen molar-refractivity contribution in [3.05, 3.63) is 36.7 Å². The molecule has 2 rings (SSSR count). The Morgan fingerprint density at radius 2 is 1.58 bits per heavy atom. The second-order valence-corrected chi connectivity index (χ2v) is 5.41. The second kappa shape index (κ2) is 9.80. The molecule has 0 aliphatic rings. The summed E-state index contributed by atoms with van der Waals surface area (Å²) in [5.41, 5.74) is 0.725. The highest BCUT2D eigenvalue weighted by molar-refractivity contribution is 5.56. The van der Waals surface area contributed by atoms with Crippen LogP contribution in [0.25, 0.3) is 11.4 Å². The Morgan fingerprint density at radius 3 is 2.21 bits per heavy atom. The number of halogens is 2. The first-order valence-corrected chi connectivity index (χ1v) is 8.19. The molecule has 6 heteroatoms. The molecule has 0 N–H and O–H groups in total. The molecule has 130 valence electrons. The molecule has 24 heavy (non-hydrogen) atoms. The number of rotatable bonds is 10. The van der Waals surface area contributed by atoms with Crippen LogP contribution in [-0.4, -0.2) is 23.2 Å². The van der Waals surface area contributed by atoms with Gasteiger partial charge < -0.3 is 9.47 Å². The minimum Gasteiger partial charge on any atom is -0.490 e. The van der Waals surface area contributed by atoms with Crippen molar-refractivity contribution in [2.75, 3.05) is 6.61 Å². The number of nitrogens with zero attached hydrogens (tertiary/aromatic N) is 2. The van der Waals surface area contributed by atoms with Crippen molar-refractivity contribution >= 4 is 0 Å². The smallest absolute Gasteiger partial charge is 0.387 e. The fourth-order valence-corrected chi connectivity index (χ4v) is 2.22. The van der Waals surface area contributed by atoms with E-state index >= 15 is 0 Å². The molecular weight excluding hydrogens is 314 g/mol. The van der Waals surface area contributed by atoms with E-state index in [1.807, 2.05) is 0 Å². The van der Waals surface area contributed by atoms with Gasteiger partial charge in [-0.1, -0.05) is 32.6 Å². The molecule has 0 saturated carbocycles. The lowest BCUT2D eigenvalue weighted by molar-refractivity contribution is -0.0498. The second-order valence-electron chi connectivity index (χ2n) is 5.41. The summed E-state index contributed by atoms with van der Waals surface area (Å²) in [4.78, 5) is 8.49. The third-order valence-electron chi connectivity index (χ3n) is 3.48. The van der Waals surface area contributed by atoms with Crippen LogP contribution < -0.4 is 9.47 Å². The highest BCUT2D eigenvalue weighted by Crippen LogP contribution is 2.21. The van der Waals surface area contributed by atoms with Crippen molar-refractivity contribution in [3.8, 4) is 22.9 Å². The molecule has 1 aromatic heterocycles. The van der Waals surface area contributed by atoms with Gasteiger partial charge in [0.1, 0.15) is 5.75 Å². The fraction of sp³-hybridized carbons (Fsp3) is 0.444. The van der Waals surface area contributed by atoms with Gasteiger partial charge in [0.05, 0.1) is 19.0 Å². The number of hydrogen-bond acceptors (Lipinski definition) is 4. The SMILES string of the molecule is CCCCCCCOc1cnc(-c2ccc(OC(F)F)cc2)nc1. The van der Waals surface area contributed by atoms with E-state index in [2.05, 4.69) is 21.6 Å². The molecule has 0 bridgehead atoms. The van der Waals surface area contributed by atoms with Crippen LogP contribution in [0.1, 0.15) is 39.0 Å². The van der Waals surface area contributed by atoms with E-state index in [0.29, 0.717) is 18.2 Å². The lowest BCUT2D eigenvalue weighted by atomic mass is 10.2. The van der Waals surface area contributed by atoms with Crippen LogP contribution in [0.2, 0.25) is 0 Å². The van der Waals surface area contributed by atoms with E-state index in [1.165, 1.54) is 37.8 Å². The predicted octanol–water partition coefficient (Wildman–Crippen LogP) is 5.09. The van der Waals surface area contributed by atoms with E-state index in [9.17, 15) is 8.78 Å². The minimum atomic E-state index is -2.83. The molecule has 0 radical (unpaired) electrons. The topological polar surface area (TPSA) is 44.2 Å². The Kier molecular flexibility index (Phi) is 7.39. The van der Waals surface area contributed by atoms with Gasteiger partial charge in [-0.25, -0.2) is 9.97 Å². The zero-order valence-electron chi connectivity index (χ0n) is 13.8. The largest absolute Gasteiger partial charge is 0.490 e. The summed E-state index contributed by atoms with van der Waals surface area (Å²) in [7, 11) is 0. The summed E-state index contributed by atoms with van der Waals surface area (Å²) < 4.78 is 34.2. The molecule has 0 aliphatic heterocycles. The van der Waals surface area contributed by atoms with Crippen molar-refractivity contribution in [2.24, 2.45) is 0 Å². The van der Waals surface area contributed by atoms with E-state index < -0.39 is 6.61 Å². The van der Waals surface area contributed by atoms with Gasteiger partial charge in [-0.15, -0.1) is 0 Å². The van der Waals surface area contributed by atoms with E-state index in [0.717, 1.165) is 12.0 Å². The molecule has 0 spiro atoms. The Hall–Kier alpha value is -2.24. The molecule has 1 aromatic carbocycles. The van der Waals surface area contributed by atoms with Crippen LogP contribution in [-0.2, 0) is 0 Å². The highest BCUT2D eigenvalue weighted by Gasteiger charge is 2.06. The number of alkyl halides is 2. The molecule has 4 nitrogen and oxygen atoms in total. The third kappa shape index (κ3) is 6.10. The molecule has 0 aliphatic carbocycles. The van der Waals surface area contributed by atoms with Crippen molar-refractivity contribution < 1.29 is 18.3 Å². The number of unbranched alkanes of at least 4 members (excludes halogenated alkanes) is 4. The maximum Gasteiger partial charge on any atom is 0.387 e. The van der Waals surface area contributed by atoms with E-state index in [1.54, 1.807) is 24.5 Å². The summed E-state index contributed by atoms with van der Waals surface area (Å²) in [5, 5.41) is 0. The quantitative estimate of drug-likeness (QED) is 0.567. The van der Waals surface area contributed by atoms with Gasteiger partial charge in [-0.3, -0.25) is 0 Å². The fourth-order valence-electron chi connectivity index (χ4n) is 2.22. The highest BCUT2D eigenvalue weighted by atomic mass is 19.3. The van der Waals surface area contributed by atoms with Crippen molar-refractivity contribution in [1.29, 1.82) is 0 Å². The zero-order chi connectivity index (χ0) is 17.2. The van der Waals surface area contributed by atoms with Gasteiger partial charge in [-0.05, 0) is 30.7 Å². The number of hydrogen-bond donors (Lipinski definition) is 0. The Morgan fingerprint density at radius 1 is 0.917 bits per heavy atom. The van der Waals surface area contributed by atoms with Crippen LogP contribution >= 0.6 is 0 Å². The van der Waals surface area contributed by atoms with Gasteiger partial charge in [0.15, 0.2) is 11.6 Å². The van der Waals surface area contributed by atoms with Crippen molar-refractivity contribution in [3.63, 3.8) is 0 Å². The van der Waals surface area contributed by atoms with Crippen LogP contribution in [0.3, 0.4) is 0 Å². The summed E-state index contributed by atoms with van der Waals surface area (Å²) >= 11 is 0. The summed E-state index contributed by atoms with van der Waals surface area (Å²) in [6.07, 6.45) is 9.16. The lowest BCUT2D eigenvalue weighted by Gasteiger charge is -2.07. The monoisotopic (exact) mass is 336 g/mol. The molecule has 1 heterocycles. The van der Waals surface area contributed by atoms with E-state index in [4.69, 9.17) is 4.74 Å². The van der Waals surface area contributed by atoms with Gasteiger partial charge >= 0.3 is 6.61 Å². The molecule has 0 amide bonds. The Balaban J connectivity index is 1.83. The summed E-state index contributed by atoms with van der Waals surface area (Å²) in [6, 6.07) is 6.21. The average Bonchev–Trinajstić information content (AvgIpc) is 2.59. The maximum absolute atomic E-state index is 12.1. The molecule has 0 fully saturated rings. The van der Waals surface area contributed by atoms with Crippen LogP contribution in [0.4, 0.5) is 8.78 Å². The van der Waals surface area contributed by atoms with Crippen LogP contribution in [0.15, 0.2) is 36.7 Å². The number of ether oxygens (including phenoxy) is 2. The zero-order valence-corrected chi connectivity index (χ0v) is 13.8.